The Morgan fingerprint density at radius 3 is 1.39 bits per heavy atom. The van der Waals surface area contributed by atoms with Crippen molar-refractivity contribution in [3.63, 3.8) is 0 Å². The van der Waals surface area contributed by atoms with Crippen LogP contribution in [0.3, 0.4) is 0 Å². The van der Waals surface area contributed by atoms with Crippen LogP contribution in [0, 0.1) is 5.92 Å². The van der Waals surface area contributed by atoms with Gasteiger partial charge in [0.2, 0.25) is 5.91 Å². The summed E-state index contributed by atoms with van der Waals surface area (Å²) >= 11 is 0. The van der Waals surface area contributed by atoms with Crippen LogP contribution in [0.1, 0.15) is 113 Å². The van der Waals surface area contributed by atoms with Gasteiger partial charge in [-0.2, -0.15) is 0 Å². The maximum absolute atomic E-state index is 10.2. The summed E-state index contributed by atoms with van der Waals surface area (Å²) in [4.78, 5) is 10.1. The fourth-order valence-electron chi connectivity index (χ4n) is 1.97. The van der Waals surface area contributed by atoms with Gasteiger partial charge in [0.1, 0.15) is 9.84 Å². The molecule has 6 nitrogen and oxygen atoms in total. The molecule has 1 saturated carbocycles. The van der Waals surface area contributed by atoms with Crippen LogP contribution in [0.4, 0.5) is 0 Å². The fraction of sp³-hybridized carbons (Fsp3) is 0.962. The average molecular weight is 499 g/mol. The number of carbonyl (C=O) groups is 1. The van der Waals surface area contributed by atoms with E-state index in [1.807, 2.05) is 20.9 Å². The highest BCUT2D eigenvalue weighted by atomic mass is 32.2. The zero-order chi connectivity index (χ0) is 27.0. The number of nitrogens with one attached hydrogen (secondary N) is 2. The van der Waals surface area contributed by atoms with Gasteiger partial charge in [-0.25, -0.2) is 8.42 Å². The first-order valence-corrected chi connectivity index (χ1v) is 15.1. The Balaban J connectivity index is -0.0000000955. The summed E-state index contributed by atoms with van der Waals surface area (Å²) in [6.07, 6.45) is 13.4. The van der Waals surface area contributed by atoms with E-state index in [0.29, 0.717) is 12.2 Å². The van der Waals surface area contributed by atoms with Gasteiger partial charge in [-0.3, -0.25) is 4.79 Å². The summed E-state index contributed by atoms with van der Waals surface area (Å²) in [6, 6.07) is 0. The van der Waals surface area contributed by atoms with Crippen molar-refractivity contribution >= 4 is 15.7 Å². The maximum Gasteiger partial charge on any atom is 0.219 e. The molecular formula is C26H62N2O4S. The molecule has 1 aliphatic carbocycles. The number of hydrogen-bond donors (Lipinski definition) is 2. The van der Waals surface area contributed by atoms with Gasteiger partial charge in [0.25, 0.3) is 0 Å². The number of amides is 1. The molecule has 33 heavy (non-hydrogen) atoms. The fourth-order valence-corrected chi connectivity index (χ4v) is 2.71. The first-order chi connectivity index (χ1) is 15.5. The lowest BCUT2D eigenvalue weighted by Gasteiger charge is -2.18. The van der Waals surface area contributed by atoms with Crippen LogP contribution < -0.4 is 10.6 Å². The number of unbranched alkanes of at least 4 members (excludes halogenated alkanes) is 2. The number of methoxy groups -OCH3 is 1. The van der Waals surface area contributed by atoms with Gasteiger partial charge in [-0.15, -0.1) is 0 Å². The standard InChI is InChI=1S/C5H10.C5H12.C4H9NO.C4H11N.C4H10O2S.C4H10O/c1-5-3-2-4-5;1-3-5-4-2;1-3-4(6)5-2;1-3-4-5-2;1-3-4-7(2,5)6;1-3-4-5-2/h5H,2-4H2,1H3;3-5H2,1-2H3;3H2,1-2H3,(H,5,6);5H,3-4H2,1-2H3;3-4H2,1-2H3;3-4H2,1-2H3. The molecule has 0 atom stereocenters. The van der Waals surface area contributed by atoms with E-state index in [2.05, 4.69) is 45.3 Å². The van der Waals surface area contributed by atoms with Crippen LogP contribution in [-0.2, 0) is 19.4 Å². The zero-order valence-electron chi connectivity index (χ0n) is 24.3. The Labute approximate surface area is 209 Å². The molecule has 0 radical (unpaired) electrons. The highest BCUT2D eigenvalue weighted by molar-refractivity contribution is 7.90. The largest absolute Gasteiger partial charge is 0.385 e. The maximum atomic E-state index is 10.2. The molecule has 0 heterocycles. The molecule has 1 fully saturated rings. The molecule has 1 rings (SSSR count). The van der Waals surface area contributed by atoms with Crippen molar-refractivity contribution < 1.29 is 17.9 Å². The van der Waals surface area contributed by atoms with E-state index in [1.54, 1.807) is 14.2 Å². The summed E-state index contributed by atoms with van der Waals surface area (Å²) in [6.45, 7) is 16.7. The molecule has 0 aromatic carbocycles. The van der Waals surface area contributed by atoms with Crippen LogP contribution in [0.2, 0.25) is 0 Å². The van der Waals surface area contributed by atoms with E-state index in [4.69, 9.17) is 4.74 Å². The summed E-state index contributed by atoms with van der Waals surface area (Å²) in [5.41, 5.74) is 0. The lowest BCUT2D eigenvalue weighted by Crippen LogP contribution is -2.15. The molecule has 0 bridgehead atoms. The Hall–Kier alpha value is -0.660. The van der Waals surface area contributed by atoms with Crippen LogP contribution in [0.25, 0.3) is 0 Å². The van der Waals surface area contributed by atoms with E-state index in [1.165, 1.54) is 51.2 Å². The second kappa shape index (κ2) is 38.6. The lowest BCUT2D eigenvalue weighted by molar-refractivity contribution is -0.120. The van der Waals surface area contributed by atoms with Crippen molar-refractivity contribution in [2.24, 2.45) is 5.92 Å². The molecule has 0 aromatic heterocycles. The van der Waals surface area contributed by atoms with Crippen molar-refractivity contribution in [2.45, 2.75) is 113 Å². The third-order valence-electron chi connectivity index (χ3n) is 4.18. The Bertz CT molecular complexity index is 400. The number of ether oxygens (including phenoxy) is 1. The van der Waals surface area contributed by atoms with Crippen LogP contribution in [-0.4, -0.2) is 60.7 Å². The van der Waals surface area contributed by atoms with E-state index in [9.17, 15) is 13.2 Å². The molecule has 0 spiro atoms. The van der Waals surface area contributed by atoms with Crippen molar-refractivity contribution in [1.29, 1.82) is 0 Å². The number of hydrogen-bond acceptors (Lipinski definition) is 5. The minimum absolute atomic E-state index is 0.0926. The first-order valence-electron chi connectivity index (χ1n) is 13.0. The predicted octanol–water partition coefficient (Wildman–Crippen LogP) is 6.24. The molecule has 206 valence electrons. The topological polar surface area (TPSA) is 84.5 Å². The minimum Gasteiger partial charge on any atom is -0.385 e. The summed E-state index contributed by atoms with van der Waals surface area (Å²) in [5, 5.41) is 5.49. The monoisotopic (exact) mass is 498 g/mol. The second-order valence-corrected chi connectivity index (χ2v) is 10.4. The average Bonchev–Trinajstić information content (AvgIpc) is 2.75. The Morgan fingerprint density at radius 1 is 0.909 bits per heavy atom. The van der Waals surface area contributed by atoms with Crippen molar-refractivity contribution in [3.8, 4) is 0 Å². The van der Waals surface area contributed by atoms with E-state index >= 15 is 0 Å². The molecule has 0 unspecified atom stereocenters. The Kier molecular flexibility index (Phi) is 49.7. The molecular weight excluding hydrogens is 436 g/mol. The molecule has 0 aromatic rings. The summed E-state index contributed by atoms with van der Waals surface area (Å²) < 4.78 is 25.2. The molecule has 7 heteroatoms. The van der Waals surface area contributed by atoms with Crippen molar-refractivity contribution in [1.82, 2.24) is 10.6 Å². The van der Waals surface area contributed by atoms with Gasteiger partial charge in [0, 0.05) is 39.2 Å². The van der Waals surface area contributed by atoms with E-state index < -0.39 is 9.84 Å². The quantitative estimate of drug-likeness (QED) is 0.393. The minimum atomic E-state index is -2.67. The number of rotatable bonds is 9. The molecule has 1 amide bonds. The van der Waals surface area contributed by atoms with Crippen molar-refractivity contribution in [2.75, 3.05) is 46.4 Å². The normalized spacial score (nSPS) is 11.6. The van der Waals surface area contributed by atoms with Gasteiger partial charge < -0.3 is 15.4 Å². The van der Waals surface area contributed by atoms with Gasteiger partial charge in [0.15, 0.2) is 0 Å². The van der Waals surface area contributed by atoms with Gasteiger partial charge in [-0.05, 0) is 38.8 Å². The lowest BCUT2D eigenvalue weighted by atomic mass is 9.88. The smallest absolute Gasteiger partial charge is 0.219 e. The van der Waals surface area contributed by atoms with Gasteiger partial charge in [0.05, 0.1) is 0 Å². The number of sulfone groups is 1. The zero-order valence-corrected chi connectivity index (χ0v) is 25.1. The second-order valence-electron chi connectivity index (χ2n) is 8.14. The van der Waals surface area contributed by atoms with E-state index in [0.717, 1.165) is 31.9 Å². The SMILES string of the molecule is CC1CCC1.CCC(=O)NC.CCCCC.CCCNC.CCCOC.CCCS(C)(=O)=O. The molecule has 0 aliphatic heterocycles. The third-order valence-corrected chi connectivity index (χ3v) is 5.33. The Morgan fingerprint density at radius 2 is 1.39 bits per heavy atom. The first kappa shape index (κ1) is 42.5. The van der Waals surface area contributed by atoms with Crippen molar-refractivity contribution in [3.05, 3.63) is 0 Å². The summed E-state index contributed by atoms with van der Waals surface area (Å²) in [7, 11) is 2.63. The molecule has 0 saturated heterocycles. The summed E-state index contributed by atoms with van der Waals surface area (Å²) in [5.74, 6) is 1.47. The van der Waals surface area contributed by atoms with Gasteiger partial charge >= 0.3 is 0 Å². The predicted molar refractivity (Wildman–Crippen MR) is 149 cm³/mol. The van der Waals surface area contributed by atoms with Crippen LogP contribution >= 0.6 is 0 Å². The molecule has 1 aliphatic rings. The van der Waals surface area contributed by atoms with E-state index in [-0.39, 0.29) is 5.91 Å². The molecule has 2 N–H and O–H groups in total. The highest BCUT2D eigenvalue weighted by Crippen LogP contribution is 2.24. The van der Waals surface area contributed by atoms with Gasteiger partial charge in [-0.1, -0.05) is 87.0 Å². The highest BCUT2D eigenvalue weighted by Gasteiger charge is 2.09. The third kappa shape index (κ3) is 72.1. The number of carbonyl (C=O) groups excluding carboxylic acids is 1. The van der Waals surface area contributed by atoms with Crippen LogP contribution in [0.15, 0.2) is 0 Å². The van der Waals surface area contributed by atoms with Crippen LogP contribution in [0.5, 0.6) is 0 Å².